The number of aliphatic carboxylic acids is 1. The fourth-order valence-electron chi connectivity index (χ4n) is 1.61. The molecule has 1 fully saturated rings. The third kappa shape index (κ3) is 4.39. The van der Waals surface area contributed by atoms with Crippen LogP contribution in [0.15, 0.2) is 0 Å². The molecule has 1 rings (SSSR count). The van der Waals surface area contributed by atoms with E-state index in [0.717, 1.165) is 12.8 Å². The van der Waals surface area contributed by atoms with Gasteiger partial charge in [-0.25, -0.2) is 4.79 Å². The van der Waals surface area contributed by atoms with Gasteiger partial charge in [-0.05, 0) is 19.3 Å². The topological polar surface area (TPSA) is 119 Å². The fraction of sp³-hybridized carbons (Fsp3) is 0.700. The third-order valence-electron chi connectivity index (χ3n) is 2.49. The molecule has 2 amide bonds. The highest BCUT2D eigenvalue weighted by Crippen LogP contribution is 2.12. The van der Waals surface area contributed by atoms with Crippen LogP contribution in [0.5, 0.6) is 0 Å². The molecule has 0 saturated carbocycles. The molecule has 0 aromatic rings. The number of carboxylic acids is 1. The van der Waals surface area contributed by atoms with Gasteiger partial charge in [0.25, 0.3) is 0 Å². The summed E-state index contributed by atoms with van der Waals surface area (Å²) in [6, 6.07) is -1.29. The number of carbonyl (C=O) groups is 3. The van der Waals surface area contributed by atoms with Gasteiger partial charge in [0.1, 0.15) is 12.1 Å². The van der Waals surface area contributed by atoms with E-state index >= 15 is 0 Å². The zero-order valence-electron chi connectivity index (χ0n) is 9.35. The molecular weight excluding hydrogens is 228 g/mol. The molecule has 96 valence electrons. The molecule has 1 saturated heterocycles. The number of ether oxygens (including phenoxy) is 1. The summed E-state index contributed by atoms with van der Waals surface area (Å²) in [6.45, 7) is 0.492. The minimum atomic E-state index is -1.29. The summed E-state index contributed by atoms with van der Waals surface area (Å²) < 4.78 is 5.20. The lowest BCUT2D eigenvalue weighted by Gasteiger charge is -2.23. The van der Waals surface area contributed by atoms with Crippen LogP contribution in [0.1, 0.15) is 25.7 Å². The van der Waals surface area contributed by atoms with Crippen LogP contribution in [-0.4, -0.2) is 41.6 Å². The van der Waals surface area contributed by atoms with Crippen LogP contribution >= 0.6 is 0 Å². The molecule has 1 aliphatic rings. The Morgan fingerprint density at radius 1 is 1.41 bits per heavy atom. The molecule has 2 atom stereocenters. The first-order chi connectivity index (χ1) is 8.00. The molecule has 0 bridgehead atoms. The summed E-state index contributed by atoms with van der Waals surface area (Å²) in [7, 11) is 0. The van der Waals surface area contributed by atoms with Crippen molar-refractivity contribution in [2.75, 3.05) is 6.61 Å². The lowest BCUT2D eigenvalue weighted by atomic mass is 10.1. The second kappa shape index (κ2) is 6.19. The van der Waals surface area contributed by atoms with Crippen LogP contribution in [-0.2, 0) is 19.1 Å². The quantitative estimate of drug-likeness (QED) is 0.573. The monoisotopic (exact) mass is 244 g/mol. The average molecular weight is 244 g/mol. The maximum atomic E-state index is 11.6. The predicted octanol–water partition coefficient (Wildman–Crippen LogP) is -1.000. The highest BCUT2D eigenvalue weighted by Gasteiger charge is 2.27. The Labute approximate surface area is 98.3 Å². The first-order valence-corrected chi connectivity index (χ1v) is 5.44. The zero-order valence-corrected chi connectivity index (χ0v) is 9.35. The van der Waals surface area contributed by atoms with E-state index in [2.05, 4.69) is 5.32 Å². The van der Waals surface area contributed by atoms with Crippen LogP contribution in [0.25, 0.3) is 0 Å². The normalized spacial score (nSPS) is 21.5. The summed E-state index contributed by atoms with van der Waals surface area (Å²) in [5, 5.41) is 11.1. The van der Waals surface area contributed by atoms with Crippen molar-refractivity contribution in [3.05, 3.63) is 0 Å². The van der Waals surface area contributed by atoms with Gasteiger partial charge in [0.05, 0.1) is 6.42 Å². The second-order valence-corrected chi connectivity index (χ2v) is 3.93. The largest absolute Gasteiger partial charge is 0.480 e. The van der Waals surface area contributed by atoms with Crippen LogP contribution in [0.4, 0.5) is 0 Å². The second-order valence-electron chi connectivity index (χ2n) is 3.93. The predicted molar refractivity (Wildman–Crippen MR) is 57.0 cm³/mol. The highest BCUT2D eigenvalue weighted by molar-refractivity contribution is 5.89. The molecule has 1 heterocycles. The number of carbonyl (C=O) groups excluding carboxylic acids is 2. The molecule has 1 unspecified atom stereocenters. The molecule has 0 aromatic carbocycles. The number of carboxylic acid groups (broad SMARTS) is 1. The van der Waals surface area contributed by atoms with Crippen molar-refractivity contribution in [1.82, 2.24) is 5.32 Å². The number of nitrogens with one attached hydrogen (secondary N) is 1. The lowest BCUT2D eigenvalue weighted by Crippen LogP contribution is -2.48. The first kappa shape index (κ1) is 13.4. The van der Waals surface area contributed by atoms with E-state index in [9.17, 15) is 14.4 Å². The van der Waals surface area contributed by atoms with Gasteiger partial charge in [-0.2, -0.15) is 0 Å². The molecule has 7 heteroatoms. The van der Waals surface area contributed by atoms with E-state index in [1.165, 1.54) is 0 Å². The van der Waals surface area contributed by atoms with Gasteiger partial charge in [0.15, 0.2) is 0 Å². The number of primary amides is 1. The molecule has 0 aliphatic carbocycles. The summed E-state index contributed by atoms with van der Waals surface area (Å²) in [4.78, 5) is 33.1. The van der Waals surface area contributed by atoms with Crippen LogP contribution in [0.2, 0.25) is 0 Å². The maximum absolute atomic E-state index is 11.6. The summed E-state index contributed by atoms with van der Waals surface area (Å²) in [5.41, 5.74) is 4.90. The third-order valence-corrected chi connectivity index (χ3v) is 2.49. The van der Waals surface area contributed by atoms with Gasteiger partial charge in [-0.1, -0.05) is 0 Å². The number of nitrogens with two attached hydrogens (primary N) is 1. The Hall–Kier alpha value is -1.63. The minimum absolute atomic E-state index is 0.423. The zero-order chi connectivity index (χ0) is 12.8. The average Bonchev–Trinajstić information content (AvgIpc) is 2.28. The van der Waals surface area contributed by atoms with E-state index in [-0.39, 0.29) is 0 Å². The smallest absolute Gasteiger partial charge is 0.326 e. The fourth-order valence-corrected chi connectivity index (χ4v) is 1.61. The number of rotatable bonds is 5. The molecular formula is C10H16N2O5. The van der Waals surface area contributed by atoms with Crippen molar-refractivity contribution in [3.63, 3.8) is 0 Å². The molecule has 17 heavy (non-hydrogen) atoms. The summed E-state index contributed by atoms with van der Waals surface area (Å²) >= 11 is 0. The van der Waals surface area contributed by atoms with Crippen molar-refractivity contribution in [3.8, 4) is 0 Å². The van der Waals surface area contributed by atoms with Gasteiger partial charge in [-0.15, -0.1) is 0 Å². The van der Waals surface area contributed by atoms with Crippen molar-refractivity contribution in [1.29, 1.82) is 0 Å². The lowest BCUT2D eigenvalue weighted by molar-refractivity contribution is -0.146. The Morgan fingerprint density at radius 3 is 2.59 bits per heavy atom. The number of hydrogen-bond acceptors (Lipinski definition) is 4. The Balaban J connectivity index is 2.50. The summed E-state index contributed by atoms with van der Waals surface area (Å²) in [5.74, 6) is -2.56. The van der Waals surface area contributed by atoms with Crippen molar-refractivity contribution >= 4 is 17.8 Å². The minimum Gasteiger partial charge on any atom is -0.480 e. The van der Waals surface area contributed by atoms with E-state index in [1.807, 2.05) is 0 Å². The van der Waals surface area contributed by atoms with E-state index in [1.54, 1.807) is 0 Å². The van der Waals surface area contributed by atoms with Gasteiger partial charge >= 0.3 is 5.97 Å². The number of amides is 2. The SMILES string of the molecule is NC(=O)C[C@H](NC(=O)C1CCCCO1)C(=O)O. The van der Waals surface area contributed by atoms with Gasteiger partial charge < -0.3 is 20.9 Å². The van der Waals surface area contributed by atoms with Crippen LogP contribution < -0.4 is 11.1 Å². The van der Waals surface area contributed by atoms with Gasteiger partial charge in [0, 0.05) is 6.61 Å². The summed E-state index contributed by atoms with van der Waals surface area (Å²) in [6.07, 6.45) is 1.28. The molecule has 0 spiro atoms. The van der Waals surface area contributed by atoms with E-state index in [4.69, 9.17) is 15.6 Å². The maximum Gasteiger partial charge on any atom is 0.326 e. The van der Waals surface area contributed by atoms with Crippen molar-refractivity contribution in [2.24, 2.45) is 5.73 Å². The van der Waals surface area contributed by atoms with E-state index < -0.39 is 36.4 Å². The van der Waals surface area contributed by atoms with Crippen molar-refractivity contribution in [2.45, 2.75) is 37.8 Å². The first-order valence-electron chi connectivity index (χ1n) is 5.44. The van der Waals surface area contributed by atoms with Crippen LogP contribution in [0.3, 0.4) is 0 Å². The highest BCUT2D eigenvalue weighted by atomic mass is 16.5. The standard InChI is InChI=1S/C10H16N2O5/c11-8(13)5-6(10(15)16)12-9(14)7-3-1-2-4-17-7/h6-7H,1-5H2,(H2,11,13)(H,12,14)(H,15,16)/t6-,7?/m0/s1. The number of hydrogen-bond donors (Lipinski definition) is 3. The molecule has 0 aromatic heterocycles. The molecule has 1 aliphatic heterocycles. The Bertz CT molecular complexity index is 312. The Kier molecular flexibility index (Phi) is 4.89. The Morgan fingerprint density at radius 2 is 2.12 bits per heavy atom. The molecule has 7 nitrogen and oxygen atoms in total. The van der Waals surface area contributed by atoms with E-state index in [0.29, 0.717) is 13.0 Å². The van der Waals surface area contributed by atoms with Gasteiger partial charge in [-0.3, -0.25) is 9.59 Å². The van der Waals surface area contributed by atoms with Crippen molar-refractivity contribution < 1.29 is 24.2 Å². The van der Waals surface area contributed by atoms with Gasteiger partial charge in [0.2, 0.25) is 11.8 Å². The van der Waals surface area contributed by atoms with Crippen LogP contribution in [0, 0.1) is 0 Å². The molecule has 0 radical (unpaired) electrons. The molecule has 4 N–H and O–H groups in total.